The van der Waals surface area contributed by atoms with Crippen LogP contribution in [0.25, 0.3) is 0 Å². The maximum absolute atomic E-state index is 9.12. The van der Waals surface area contributed by atoms with E-state index in [-0.39, 0.29) is 40.4 Å². The average Bonchev–Trinajstić information content (AvgIpc) is 2.19. The predicted molar refractivity (Wildman–Crippen MR) is 60.5 cm³/mol. The Labute approximate surface area is 116 Å². The van der Waals surface area contributed by atoms with Crippen LogP contribution in [0.4, 0.5) is 0 Å². The van der Waals surface area contributed by atoms with Crippen molar-refractivity contribution in [2.75, 3.05) is 19.8 Å². The Morgan fingerprint density at radius 2 is 1.06 bits per heavy atom. The molecule has 0 aliphatic rings. The first-order chi connectivity index (χ1) is 6.81. The molecule has 102 valence electrons. The molecule has 5 N–H and O–H groups in total. The van der Waals surface area contributed by atoms with Crippen molar-refractivity contribution in [3.05, 3.63) is 24.3 Å². The van der Waals surface area contributed by atoms with Gasteiger partial charge in [0.25, 0.3) is 0 Å². The van der Waals surface area contributed by atoms with Crippen molar-refractivity contribution < 1.29 is 52.4 Å². The zero-order chi connectivity index (χ0) is 12.9. The summed E-state index contributed by atoms with van der Waals surface area (Å²) < 4.78 is 0. The van der Waals surface area contributed by atoms with Crippen LogP contribution in [0.1, 0.15) is 13.8 Å². The summed E-state index contributed by atoms with van der Waals surface area (Å²) in [5.41, 5.74) is 1.62. The molecule has 0 spiro atoms. The van der Waals surface area contributed by atoms with Crippen LogP contribution in [-0.4, -0.2) is 51.7 Å². The number of aliphatic hydroxyl groups excluding tert-OH is 3. The molecule has 7 heteroatoms. The fourth-order valence-corrected chi connectivity index (χ4v) is 0. The van der Waals surface area contributed by atoms with E-state index in [4.69, 9.17) is 25.2 Å². The van der Waals surface area contributed by atoms with Gasteiger partial charge in [-0.3, -0.25) is 0 Å². The van der Waals surface area contributed by atoms with Crippen LogP contribution in [0.15, 0.2) is 24.3 Å². The zero-order valence-electron chi connectivity index (χ0n) is 10.2. The van der Waals surface area contributed by atoms with E-state index in [0.29, 0.717) is 0 Å². The van der Waals surface area contributed by atoms with E-state index in [0.717, 1.165) is 11.1 Å². The van der Waals surface area contributed by atoms with E-state index >= 15 is 0 Å². The molecule has 0 aromatic carbocycles. The van der Waals surface area contributed by atoms with Gasteiger partial charge in [0, 0.05) is 21.7 Å². The Kier molecular flexibility index (Phi) is 43.5. The van der Waals surface area contributed by atoms with Crippen LogP contribution in [0.2, 0.25) is 0 Å². The molecule has 0 aromatic rings. The Morgan fingerprint density at radius 1 is 0.941 bits per heavy atom. The molecule has 0 aliphatic carbocycles. The van der Waals surface area contributed by atoms with E-state index < -0.39 is 12.6 Å². The first kappa shape index (κ1) is 30.0. The SMILES string of the molecule is C=C(C)CO.C=C(C)CO.O=C(O)CO.[OH-].[Ti]. The number of carbonyl (C=O) groups is 1. The average molecular weight is 285 g/mol. The molecule has 0 amide bonds. The summed E-state index contributed by atoms with van der Waals surface area (Å²) in [6, 6.07) is 0. The van der Waals surface area contributed by atoms with Crippen molar-refractivity contribution in [1.82, 2.24) is 0 Å². The molecular weight excluding hydrogens is 264 g/mol. The molecule has 6 nitrogen and oxygen atoms in total. The predicted octanol–water partition coefficient (Wildman–Crippen LogP) is -0.00640. The molecule has 0 aliphatic heterocycles. The maximum Gasteiger partial charge on any atom is 0.329 e. The number of hydrogen-bond donors (Lipinski definition) is 4. The van der Waals surface area contributed by atoms with E-state index in [1.165, 1.54) is 0 Å². The van der Waals surface area contributed by atoms with E-state index in [2.05, 4.69) is 13.2 Å². The molecule has 0 aromatic heterocycles. The summed E-state index contributed by atoms with van der Waals surface area (Å²) in [4.78, 5) is 9.12. The topological polar surface area (TPSA) is 128 Å². The van der Waals surface area contributed by atoms with Gasteiger partial charge >= 0.3 is 5.97 Å². The number of carboxylic acid groups (broad SMARTS) is 1. The minimum absolute atomic E-state index is 0. The molecular formula is C10H21O6Ti-. The van der Waals surface area contributed by atoms with Crippen molar-refractivity contribution >= 4 is 5.97 Å². The molecule has 0 rings (SSSR count). The molecule has 0 unspecified atom stereocenters. The van der Waals surface area contributed by atoms with Crippen LogP contribution < -0.4 is 0 Å². The number of hydrogen-bond acceptors (Lipinski definition) is 5. The monoisotopic (exact) mass is 285 g/mol. The van der Waals surface area contributed by atoms with E-state index in [1.54, 1.807) is 13.8 Å². The minimum atomic E-state index is -1.19. The summed E-state index contributed by atoms with van der Waals surface area (Å²) in [7, 11) is 0. The molecule has 0 saturated carbocycles. The van der Waals surface area contributed by atoms with Gasteiger partial charge in [-0.15, -0.1) is 0 Å². The molecule has 0 fully saturated rings. The fourth-order valence-electron chi connectivity index (χ4n) is 0. The Hall–Kier alpha value is -0.496. The van der Waals surface area contributed by atoms with Gasteiger partial charge in [0.05, 0.1) is 13.2 Å². The van der Waals surface area contributed by atoms with Gasteiger partial charge in [-0.2, -0.15) is 0 Å². The number of aliphatic carboxylic acids is 1. The second-order valence-corrected chi connectivity index (χ2v) is 2.78. The summed E-state index contributed by atoms with van der Waals surface area (Å²) in [6.45, 7) is 9.85. The third-order valence-corrected chi connectivity index (χ3v) is 0.675. The van der Waals surface area contributed by atoms with Gasteiger partial charge in [0.15, 0.2) is 0 Å². The van der Waals surface area contributed by atoms with E-state index in [9.17, 15) is 0 Å². The van der Waals surface area contributed by atoms with Crippen molar-refractivity contribution in [3.63, 3.8) is 0 Å². The van der Waals surface area contributed by atoms with Crippen molar-refractivity contribution in [2.45, 2.75) is 13.8 Å². The zero-order valence-corrected chi connectivity index (χ0v) is 11.7. The summed E-state index contributed by atoms with van der Waals surface area (Å²) in [5, 5.41) is 31.1. The normalized spacial score (nSPS) is 6.65. The molecule has 0 heterocycles. The van der Waals surface area contributed by atoms with Gasteiger partial charge in [0.1, 0.15) is 6.61 Å². The van der Waals surface area contributed by atoms with Crippen molar-refractivity contribution in [3.8, 4) is 0 Å². The van der Waals surface area contributed by atoms with Gasteiger partial charge < -0.3 is 25.9 Å². The standard InChI is InChI=1S/2C4H8O.C2H4O3.H2O.Ti/c2*1-4(2)3-5;3-1-2(4)5;;/h2*5H,1,3H2,2H3;3H,1H2,(H,4,5);1H2;/p-1. The van der Waals surface area contributed by atoms with Crippen LogP contribution >= 0.6 is 0 Å². The summed E-state index contributed by atoms with van der Waals surface area (Å²) in [5.74, 6) is -1.19. The van der Waals surface area contributed by atoms with Gasteiger partial charge in [-0.05, 0) is 13.8 Å². The molecule has 0 bridgehead atoms. The number of carboxylic acids is 1. The van der Waals surface area contributed by atoms with Gasteiger partial charge in [-0.25, -0.2) is 4.79 Å². The van der Waals surface area contributed by atoms with Gasteiger partial charge in [0.2, 0.25) is 0 Å². The third kappa shape index (κ3) is 93.3. The quantitative estimate of drug-likeness (QED) is 0.426. The molecule has 0 radical (unpaired) electrons. The summed E-state index contributed by atoms with van der Waals surface area (Å²) in [6.07, 6.45) is 0. The van der Waals surface area contributed by atoms with Gasteiger partial charge in [-0.1, -0.05) is 24.3 Å². The fraction of sp³-hybridized carbons (Fsp3) is 0.500. The second kappa shape index (κ2) is 24.6. The van der Waals surface area contributed by atoms with Crippen molar-refractivity contribution in [1.29, 1.82) is 0 Å². The Bertz CT molecular complexity index is 160. The smallest absolute Gasteiger partial charge is 0.329 e. The maximum atomic E-state index is 9.12. The molecule has 17 heavy (non-hydrogen) atoms. The summed E-state index contributed by atoms with van der Waals surface area (Å²) >= 11 is 0. The van der Waals surface area contributed by atoms with Crippen LogP contribution in [0.5, 0.6) is 0 Å². The van der Waals surface area contributed by atoms with E-state index in [1.807, 2.05) is 0 Å². The minimum Gasteiger partial charge on any atom is -0.870 e. The van der Waals surface area contributed by atoms with Crippen molar-refractivity contribution in [2.24, 2.45) is 0 Å². The molecule has 0 saturated heterocycles. The van der Waals surface area contributed by atoms with Crippen LogP contribution in [0, 0.1) is 0 Å². The second-order valence-electron chi connectivity index (χ2n) is 2.78. The first-order valence-corrected chi connectivity index (χ1v) is 4.14. The number of rotatable bonds is 3. The Morgan fingerprint density at radius 3 is 1.06 bits per heavy atom. The largest absolute Gasteiger partial charge is 0.870 e. The Balaban J connectivity index is -0.0000000400. The molecule has 0 atom stereocenters. The van der Waals surface area contributed by atoms with Crippen LogP contribution in [-0.2, 0) is 26.5 Å². The van der Waals surface area contributed by atoms with Crippen LogP contribution in [0.3, 0.4) is 0 Å². The third-order valence-electron chi connectivity index (χ3n) is 0.675. The number of aliphatic hydroxyl groups is 3. The first-order valence-electron chi connectivity index (χ1n) is 4.14.